The normalized spacial score (nSPS) is 10.2. The molecule has 0 aliphatic heterocycles. The van der Waals surface area contributed by atoms with E-state index in [0.29, 0.717) is 6.54 Å². The van der Waals surface area contributed by atoms with Crippen molar-refractivity contribution < 1.29 is 0 Å². The van der Waals surface area contributed by atoms with Gasteiger partial charge < -0.3 is 5.73 Å². The third-order valence-electron chi connectivity index (χ3n) is 1.96. The van der Waals surface area contributed by atoms with E-state index in [4.69, 9.17) is 5.73 Å². The first-order valence-corrected chi connectivity index (χ1v) is 5.59. The molecule has 3 heteroatoms. The molecule has 0 saturated carbocycles. The Kier molecular flexibility index (Phi) is 3.37. The number of hydrogen-bond acceptors (Lipinski definition) is 3. The molecule has 1 aromatic carbocycles. The Hall–Kier alpha value is -1.32. The number of pyridine rings is 1. The van der Waals surface area contributed by atoms with Crippen molar-refractivity contribution in [2.45, 2.75) is 16.5 Å². The first-order valence-electron chi connectivity index (χ1n) is 4.77. The molecule has 0 aliphatic carbocycles. The summed E-state index contributed by atoms with van der Waals surface area (Å²) in [5.74, 6) is 0. The largest absolute Gasteiger partial charge is 0.325 e. The van der Waals surface area contributed by atoms with Gasteiger partial charge in [-0.3, -0.25) is 0 Å². The van der Waals surface area contributed by atoms with E-state index in [1.807, 2.05) is 36.4 Å². The average Bonchev–Trinajstić information content (AvgIpc) is 2.31. The number of benzene rings is 1. The fourth-order valence-electron chi connectivity index (χ4n) is 1.24. The molecule has 0 radical (unpaired) electrons. The second kappa shape index (κ2) is 4.96. The lowest BCUT2D eigenvalue weighted by Crippen LogP contribution is -1.99. The standard InChI is InChI=1S/C12H12N2S/c13-9-10-5-4-8-12(14-10)15-11-6-2-1-3-7-11/h1-8H,9,13H2. The molecule has 0 bridgehead atoms. The van der Waals surface area contributed by atoms with Crippen LogP contribution in [0.3, 0.4) is 0 Å². The van der Waals surface area contributed by atoms with Crippen LogP contribution in [0.4, 0.5) is 0 Å². The summed E-state index contributed by atoms with van der Waals surface area (Å²) in [4.78, 5) is 5.62. The summed E-state index contributed by atoms with van der Waals surface area (Å²) in [6.45, 7) is 0.489. The Morgan fingerprint density at radius 1 is 1.00 bits per heavy atom. The van der Waals surface area contributed by atoms with E-state index in [1.165, 1.54) is 4.90 Å². The predicted molar refractivity (Wildman–Crippen MR) is 62.7 cm³/mol. The van der Waals surface area contributed by atoms with Gasteiger partial charge in [-0.15, -0.1) is 0 Å². The second-order valence-corrected chi connectivity index (χ2v) is 4.18. The fourth-order valence-corrected chi connectivity index (χ4v) is 2.08. The predicted octanol–water partition coefficient (Wildman–Crippen LogP) is 2.69. The molecule has 2 aromatic rings. The zero-order chi connectivity index (χ0) is 10.5. The number of nitrogens with zero attached hydrogens (tertiary/aromatic N) is 1. The molecule has 1 heterocycles. The summed E-state index contributed by atoms with van der Waals surface area (Å²) >= 11 is 1.65. The van der Waals surface area contributed by atoms with Crippen LogP contribution in [-0.4, -0.2) is 4.98 Å². The molecule has 2 nitrogen and oxygen atoms in total. The highest BCUT2D eigenvalue weighted by Gasteiger charge is 1.98. The Bertz CT molecular complexity index is 429. The molecule has 0 amide bonds. The maximum atomic E-state index is 5.54. The highest BCUT2D eigenvalue weighted by atomic mass is 32.2. The first kappa shape index (κ1) is 10.2. The maximum absolute atomic E-state index is 5.54. The Balaban J connectivity index is 2.17. The molecule has 15 heavy (non-hydrogen) atoms. The molecule has 2 rings (SSSR count). The SMILES string of the molecule is NCc1cccc(Sc2ccccc2)n1. The number of hydrogen-bond donors (Lipinski definition) is 1. The number of rotatable bonds is 3. The van der Waals surface area contributed by atoms with Crippen molar-refractivity contribution in [2.24, 2.45) is 5.73 Å². The molecule has 0 spiro atoms. The van der Waals surface area contributed by atoms with Crippen molar-refractivity contribution in [3.8, 4) is 0 Å². The van der Waals surface area contributed by atoms with Crippen LogP contribution in [0.15, 0.2) is 58.5 Å². The molecule has 0 atom stereocenters. The van der Waals surface area contributed by atoms with Gasteiger partial charge in [0.05, 0.1) is 5.69 Å². The second-order valence-electron chi connectivity index (χ2n) is 3.09. The van der Waals surface area contributed by atoms with E-state index < -0.39 is 0 Å². The molecule has 0 saturated heterocycles. The van der Waals surface area contributed by atoms with Crippen LogP contribution in [0.1, 0.15) is 5.69 Å². The van der Waals surface area contributed by atoms with E-state index in [-0.39, 0.29) is 0 Å². The van der Waals surface area contributed by atoms with Gasteiger partial charge in [0.2, 0.25) is 0 Å². The van der Waals surface area contributed by atoms with Crippen LogP contribution in [0.25, 0.3) is 0 Å². The number of nitrogens with two attached hydrogens (primary N) is 1. The topological polar surface area (TPSA) is 38.9 Å². The third kappa shape index (κ3) is 2.81. The van der Waals surface area contributed by atoms with Gasteiger partial charge in [0.15, 0.2) is 0 Å². The number of aromatic nitrogens is 1. The van der Waals surface area contributed by atoms with Crippen molar-refractivity contribution in [3.63, 3.8) is 0 Å². The van der Waals surface area contributed by atoms with Gasteiger partial charge in [-0.25, -0.2) is 4.98 Å². The van der Waals surface area contributed by atoms with Gasteiger partial charge in [-0.05, 0) is 24.3 Å². The zero-order valence-electron chi connectivity index (χ0n) is 8.26. The van der Waals surface area contributed by atoms with Gasteiger partial charge in [-0.1, -0.05) is 36.0 Å². The summed E-state index contributed by atoms with van der Waals surface area (Å²) in [7, 11) is 0. The zero-order valence-corrected chi connectivity index (χ0v) is 9.08. The summed E-state index contributed by atoms with van der Waals surface area (Å²) in [6, 6.07) is 16.1. The minimum absolute atomic E-state index is 0.489. The third-order valence-corrected chi connectivity index (χ3v) is 2.90. The van der Waals surface area contributed by atoms with Crippen molar-refractivity contribution in [2.75, 3.05) is 0 Å². The van der Waals surface area contributed by atoms with Gasteiger partial charge in [0, 0.05) is 11.4 Å². The van der Waals surface area contributed by atoms with Crippen LogP contribution in [0.2, 0.25) is 0 Å². The van der Waals surface area contributed by atoms with Crippen molar-refractivity contribution in [1.82, 2.24) is 4.98 Å². The summed E-state index contributed by atoms with van der Waals surface area (Å²) in [6.07, 6.45) is 0. The molecule has 0 fully saturated rings. The summed E-state index contributed by atoms with van der Waals surface area (Å²) in [5, 5.41) is 0.990. The lowest BCUT2D eigenvalue weighted by atomic mass is 10.4. The molecular weight excluding hydrogens is 204 g/mol. The summed E-state index contributed by atoms with van der Waals surface area (Å²) in [5.41, 5.74) is 6.47. The van der Waals surface area contributed by atoms with Gasteiger partial charge in [0.25, 0.3) is 0 Å². The van der Waals surface area contributed by atoms with E-state index in [0.717, 1.165) is 10.7 Å². The van der Waals surface area contributed by atoms with Crippen LogP contribution >= 0.6 is 11.8 Å². The average molecular weight is 216 g/mol. The highest BCUT2D eigenvalue weighted by molar-refractivity contribution is 7.99. The van der Waals surface area contributed by atoms with Crippen LogP contribution < -0.4 is 5.73 Å². The van der Waals surface area contributed by atoms with Crippen molar-refractivity contribution >= 4 is 11.8 Å². The smallest absolute Gasteiger partial charge is 0.101 e. The first-order chi connectivity index (χ1) is 7.38. The molecule has 2 N–H and O–H groups in total. The minimum atomic E-state index is 0.489. The van der Waals surface area contributed by atoms with E-state index in [1.54, 1.807) is 11.8 Å². The van der Waals surface area contributed by atoms with E-state index in [2.05, 4.69) is 17.1 Å². The molecule has 1 aromatic heterocycles. The van der Waals surface area contributed by atoms with Gasteiger partial charge in [0.1, 0.15) is 5.03 Å². The minimum Gasteiger partial charge on any atom is -0.325 e. The molecule has 76 valence electrons. The molecule has 0 unspecified atom stereocenters. The lowest BCUT2D eigenvalue weighted by molar-refractivity contribution is 0.942. The van der Waals surface area contributed by atoms with Crippen molar-refractivity contribution in [3.05, 3.63) is 54.2 Å². The molecular formula is C12H12N2S. The quantitative estimate of drug-likeness (QED) is 0.857. The van der Waals surface area contributed by atoms with E-state index in [9.17, 15) is 0 Å². The maximum Gasteiger partial charge on any atom is 0.101 e. The Labute approximate surface area is 93.5 Å². The van der Waals surface area contributed by atoms with Crippen molar-refractivity contribution in [1.29, 1.82) is 0 Å². The Morgan fingerprint density at radius 2 is 1.80 bits per heavy atom. The highest BCUT2D eigenvalue weighted by Crippen LogP contribution is 2.25. The lowest BCUT2D eigenvalue weighted by Gasteiger charge is -2.02. The monoisotopic (exact) mass is 216 g/mol. The van der Waals surface area contributed by atoms with Crippen LogP contribution in [0, 0.1) is 0 Å². The molecule has 0 aliphatic rings. The van der Waals surface area contributed by atoms with Crippen LogP contribution in [-0.2, 0) is 6.54 Å². The summed E-state index contributed by atoms with van der Waals surface area (Å²) < 4.78 is 0. The van der Waals surface area contributed by atoms with Gasteiger partial charge in [-0.2, -0.15) is 0 Å². The Morgan fingerprint density at radius 3 is 2.53 bits per heavy atom. The van der Waals surface area contributed by atoms with Crippen LogP contribution in [0.5, 0.6) is 0 Å². The van der Waals surface area contributed by atoms with E-state index >= 15 is 0 Å². The fraction of sp³-hybridized carbons (Fsp3) is 0.0833. The van der Waals surface area contributed by atoms with Gasteiger partial charge >= 0.3 is 0 Å².